The van der Waals surface area contributed by atoms with E-state index in [2.05, 4.69) is 40.3 Å². The molecule has 0 saturated heterocycles. The van der Waals surface area contributed by atoms with Crippen LogP contribution in [0.2, 0.25) is 0 Å². The number of allylic oxidation sites excluding steroid dienone is 4. The molecule has 0 aliphatic rings. The molecule has 0 atom stereocenters. The van der Waals surface area contributed by atoms with Crippen molar-refractivity contribution < 1.29 is 0 Å². The molecule has 1 aromatic heterocycles. The monoisotopic (exact) mass is 214 g/mol. The first kappa shape index (κ1) is 12.4. The molecule has 1 heterocycles. The number of aryl methyl sites for hydroxylation is 1. The van der Waals surface area contributed by atoms with E-state index in [-0.39, 0.29) is 0 Å². The minimum atomic E-state index is 1.03. The van der Waals surface area contributed by atoms with Gasteiger partial charge in [0.25, 0.3) is 0 Å². The molecule has 2 heteroatoms. The molecule has 0 spiro atoms. The molecule has 0 radical (unpaired) electrons. The van der Waals surface area contributed by atoms with Crippen LogP contribution in [-0.2, 0) is 6.42 Å². The van der Waals surface area contributed by atoms with E-state index in [1.165, 1.54) is 11.1 Å². The molecule has 0 aliphatic carbocycles. The smallest absolute Gasteiger partial charge is 0.0277 e. The lowest BCUT2D eigenvalue weighted by Gasteiger charge is -2.01. The van der Waals surface area contributed by atoms with E-state index in [1.807, 2.05) is 25.5 Å². The number of aromatic nitrogens is 1. The molecule has 1 aromatic rings. The van der Waals surface area contributed by atoms with Crippen LogP contribution in [0.3, 0.4) is 0 Å². The second-order valence-corrected chi connectivity index (χ2v) is 3.50. The van der Waals surface area contributed by atoms with E-state index in [4.69, 9.17) is 0 Å². The second-order valence-electron chi connectivity index (χ2n) is 3.50. The van der Waals surface area contributed by atoms with Gasteiger partial charge < -0.3 is 0 Å². The van der Waals surface area contributed by atoms with Crippen molar-refractivity contribution >= 4 is 6.21 Å². The Hall–Kier alpha value is -1.70. The van der Waals surface area contributed by atoms with Crippen LogP contribution in [0.4, 0.5) is 0 Å². The van der Waals surface area contributed by atoms with Crippen LogP contribution >= 0.6 is 0 Å². The molecule has 0 amide bonds. The zero-order valence-corrected chi connectivity index (χ0v) is 9.93. The third-order valence-corrected chi connectivity index (χ3v) is 2.27. The van der Waals surface area contributed by atoms with Crippen molar-refractivity contribution in [2.75, 3.05) is 7.05 Å². The molecule has 0 fully saturated rings. The van der Waals surface area contributed by atoms with Crippen molar-refractivity contribution in [2.45, 2.75) is 19.8 Å². The highest BCUT2D eigenvalue weighted by Gasteiger charge is 1.94. The van der Waals surface area contributed by atoms with Gasteiger partial charge in [0.2, 0.25) is 0 Å². The first-order chi connectivity index (χ1) is 7.86. The van der Waals surface area contributed by atoms with Crippen molar-refractivity contribution in [3.05, 3.63) is 53.9 Å². The van der Waals surface area contributed by atoms with Crippen LogP contribution < -0.4 is 0 Å². The lowest BCUT2D eigenvalue weighted by molar-refractivity contribution is 0.961. The van der Waals surface area contributed by atoms with E-state index >= 15 is 0 Å². The Labute approximate surface area is 97.5 Å². The van der Waals surface area contributed by atoms with Crippen molar-refractivity contribution in [3.8, 4) is 0 Å². The maximum absolute atomic E-state index is 4.01. The number of pyridine rings is 1. The first-order valence-corrected chi connectivity index (χ1v) is 5.49. The lowest BCUT2D eigenvalue weighted by Crippen LogP contribution is -1.88. The van der Waals surface area contributed by atoms with Gasteiger partial charge >= 0.3 is 0 Å². The highest BCUT2D eigenvalue weighted by molar-refractivity contribution is 5.72. The van der Waals surface area contributed by atoms with Gasteiger partial charge in [-0.15, -0.1) is 0 Å². The summed E-state index contributed by atoms with van der Waals surface area (Å²) in [5.74, 6) is 0. The van der Waals surface area contributed by atoms with Gasteiger partial charge in [0.05, 0.1) is 0 Å². The fourth-order valence-electron chi connectivity index (χ4n) is 1.44. The van der Waals surface area contributed by atoms with E-state index in [0.29, 0.717) is 0 Å². The number of hydrogen-bond acceptors (Lipinski definition) is 2. The van der Waals surface area contributed by atoms with Crippen LogP contribution in [0.5, 0.6) is 0 Å². The summed E-state index contributed by atoms with van der Waals surface area (Å²) in [5.41, 5.74) is 2.61. The largest absolute Gasteiger partial charge is 0.297 e. The fourth-order valence-corrected chi connectivity index (χ4v) is 1.44. The summed E-state index contributed by atoms with van der Waals surface area (Å²) >= 11 is 0. The van der Waals surface area contributed by atoms with Crippen LogP contribution in [0.15, 0.2) is 53.3 Å². The second kappa shape index (κ2) is 7.57. The van der Waals surface area contributed by atoms with Gasteiger partial charge in [0, 0.05) is 25.7 Å². The van der Waals surface area contributed by atoms with Crippen LogP contribution in [0, 0.1) is 0 Å². The summed E-state index contributed by atoms with van der Waals surface area (Å²) < 4.78 is 0. The minimum absolute atomic E-state index is 1.03. The number of nitrogens with zero attached hydrogens (tertiary/aromatic N) is 2. The van der Waals surface area contributed by atoms with E-state index < -0.39 is 0 Å². The standard InChI is InChI=1S/C14H18N2/c1-3-4-13(7-10-15-2)5-6-14-8-11-16-12-9-14/h3-4,7-12H,5-6H2,1-2H3/b4-3-,13-7+,15-10+. The molecular weight excluding hydrogens is 196 g/mol. The Morgan fingerprint density at radius 2 is 2.12 bits per heavy atom. The molecule has 1 rings (SSSR count). The topological polar surface area (TPSA) is 25.2 Å². The highest BCUT2D eigenvalue weighted by Crippen LogP contribution is 2.09. The fraction of sp³-hybridized carbons (Fsp3) is 0.286. The van der Waals surface area contributed by atoms with Gasteiger partial charge in [-0.2, -0.15) is 0 Å². The Morgan fingerprint density at radius 3 is 2.75 bits per heavy atom. The molecule has 16 heavy (non-hydrogen) atoms. The van der Waals surface area contributed by atoms with Gasteiger partial charge in [-0.25, -0.2) is 0 Å². The zero-order chi connectivity index (χ0) is 11.6. The Balaban J connectivity index is 2.57. The van der Waals surface area contributed by atoms with Crippen molar-refractivity contribution in [1.29, 1.82) is 0 Å². The van der Waals surface area contributed by atoms with Gasteiger partial charge in [0.1, 0.15) is 0 Å². The van der Waals surface area contributed by atoms with Crippen molar-refractivity contribution in [1.82, 2.24) is 4.98 Å². The summed E-state index contributed by atoms with van der Waals surface area (Å²) in [4.78, 5) is 7.98. The molecule has 0 bridgehead atoms. The molecular formula is C14H18N2. The normalized spacial score (nSPS) is 12.8. The number of rotatable bonds is 5. The quantitative estimate of drug-likeness (QED) is 0.545. The summed E-state index contributed by atoms with van der Waals surface area (Å²) in [6.07, 6.45) is 13.8. The Kier molecular flexibility index (Phi) is 5.86. The summed E-state index contributed by atoms with van der Waals surface area (Å²) in [6.45, 7) is 2.03. The third kappa shape index (κ3) is 4.69. The number of aliphatic imine (C=N–C) groups is 1. The molecule has 0 N–H and O–H groups in total. The predicted octanol–water partition coefficient (Wildman–Crippen LogP) is 3.22. The zero-order valence-electron chi connectivity index (χ0n) is 9.93. The van der Waals surface area contributed by atoms with Crippen LogP contribution in [0.25, 0.3) is 0 Å². The maximum atomic E-state index is 4.01. The van der Waals surface area contributed by atoms with Gasteiger partial charge in [0.15, 0.2) is 0 Å². The average Bonchev–Trinajstić information content (AvgIpc) is 2.34. The third-order valence-electron chi connectivity index (χ3n) is 2.27. The minimum Gasteiger partial charge on any atom is -0.297 e. The Bertz CT molecular complexity index is 375. The van der Waals surface area contributed by atoms with E-state index in [9.17, 15) is 0 Å². The summed E-state index contributed by atoms with van der Waals surface area (Å²) in [5, 5.41) is 0. The molecule has 84 valence electrons. The Morgan fingerprint density at radius 1 is 1.38 bits per heavy atom. The van der Waals surface area contributed by atoms with Gasteiger partial charge in [-0.05, 0) is 49.1 Å². The van der Waals surface area contributed by atoms with Crippen molar-refractivity contribution in [2.24, 2.45) is 4.99 Å². The first-order valence-electron chi connectivity index (χ1n) is 5.49. The highest BCUT2D eigenvalue weighted by atomic mass is 14.6. The van der Waals surface area contributed by atoms with Crippen LogP contribution in [-0.4, -0.2) is 18.2 Å². The van der Waals surface area contributed by atoms with E-state index in [1.54, 1.807) is 7.05 Å². The van der Waals surface area contributed by atoms with E-state index in [0.717, 1.165) is 12.8 Å². The van der Waals surface area contributed by atoms with Gasteiger partial charge in [-0.3, -0.25) is 9.98 Å². The number of hydrogen-bond donors (Lipinski definition) is 0. The summed E-state index contributed by atoms with van der Waals surface area (Å²) in [6, 6.07) is 4.11. The summed E-state index contributed by atoms with van der Waals surface area (Å²) in [7, 11) is 1.78. The maximum Gasteiger partial charge on any atom is 0.0277 e. The van der Waals surface area contributed by atoms with Crippen molar-refractivity contribution in [3.63, 3.8) is 0 Å². The van der Waals surface area contributed by atoms with Gasteiger partial charge in [-0.1, -0.05) is 12.2 Å². The lowest BCUT2D eigenvalue weighted by atomic mass is 10.1. The molecule has 0 aliphatic heterocycles. The van der Waals surface area contributed by atoms with Crippen LogP contribution in [0.1, 0.15) is 18.9 Å². The average molecular weight is 214 g/mol. The SMILES string of the molecule is C\C=C/C(=C\C=N\C)CCc1ccncc1. The molecule has 2 nitrogen and oxygen atoms in total. The molecule has 0 aromatic carbocycles. The molecule has 0 saturated carbocycles. The predicted molar refractivity (Wildman–Crippen MR) is 69.9 cm³/mol. The molecule has 0 unspecified atom stereocenters.